The molecule has 1 aromatic carbocycles. The summed E-state index contributed by atoms with van der Waals surface area (Å²) < 4.78 is 4.83. The minimum atomic E-state index is -0.307. The average Bonchev–Trinajstić information content (AvgIpc) is 2.56. The molecule has 0 atom stereocenters. The monoisotopic (exact) mass is 305 g/mol. The van der Waals surface area contributed by atoms with Crippen molar-refractivity contribution in [3.63, 3.8) is 0 Å². The molecule has 5 nitrogen and oxygen atoms in total. The topological polar surface area (TPSA) is 44.8 Å². The Morgan fingerprint density at radius 3 is 2.55 bits per heavy atom. The lowest BCUT2D eigenvalue weighted by molar-refractivity contribution is 0.152. The summed E-state index contributed by atoms with van der Waals surface area (Å²) in [5, 5.41) is 2.76. The lowest BCUT2D eigenvalue weighted by Crippen LogP contribution is -2.46. The van der Waals surface area contributed by atoms with Gasteiger partial charge in [0.2, 0.25) is 0 Å². The van der Waals surface area contributed by atoms with Crippen molar-refractivity contribution in [1.29, 1.82) is 0 Å². The van der Waals surface area contributed by atoms with Crippen molar-refractivity contribution in [3.05, 3.63) is 30.3 Å². The second kappa shape index (κ2) is 9.30. The van der Waals surface area contributed by atoms with Gasteiger partial charge in [0.15, 0.2) is 0 Å². The van der Waals surface area contributed by atoms with Crippen molar-refractivity contribution in [2.45, 2.75) is 19.8 Å². The molecule has 22 heavy (non-hydrogen) atoms. The fourth-order valence-corrected chi connectivity index (χ4v) is 2.70. The molecule has 1 fully saturated rings. The molecule has 5 heteroatoms. The highest BCUT2D eigenvalue weighted by atomic mass is 16.5. The van der Waals surface area contributed by atoms with Crippen LogP contribution in [-0.2, 0) is 4.74 Å². The number of rotatable bonds is 7. The van der Waals surface area contributed by atoms with E-state index in [0.29, 0.717) is 13.2 Å². The highest BCUT2D eigenvalue weighted by molar-refractivity contribution is 5.66. The third-order valence-corrected chi connectivity index (χ3v) is 3.94. The van der Waals surface area contributed by atoms with Gasteiger partial charge in [-0.2, -0.15) is 0 Å². The first-order chi connectivity index (χ1) is 10.8. The number of hydrogen-bond acceptors (Lipinski definition) is 4. The molecule has 1 aliphatic heterocycles. The van der Waals surface area contributed by atoms with Crippen LogP contribution < -0.4 is 10.2 Å². The molecule has 0 spiro atoms. The normalized spacial score (nSPS) is 15.6. The number of benzene rings is 1. The Labute approximate surface area is 133 Å². The number of nitrogens with zero attached hydrogens (tertiary/aromatic N) is 2. The largest absolute Gasteiger partial charge is 0.450 e. The highest BCUT2D eigenvalue weighted by Gasteiger charge is 2.16. The summed E-state index contributed by atoms with van der Waals surface area (Å²) >= 11 is 0. The fourth-order valence-electron chi connectivity index (χ4n) is 2.70. The molecule has 0 radical (unpaired) electrons. The van der Waals surface area contributed by atoms with Crippen LogP contribution in [0.4, 0.5) is 10.5 Å². The number of hydrogen-bond donors (Lipinski definition) is 1. The predicted molar refractivity (Wildman–Crippen MR) is 89.4 cm³/mol. The molecule has 0 saturated carbocycles. The van der Waals surface area contributed by atoms with Gasteiger partial charge in [-0.25, -0.2) is 4.79 Å². The van der Waals surface area contributed by atoms with E-state index in [2.05, 4.69) is 45.4 Å². The second-order valence-electron chi connectivity index (χ2n) is 5.52. The van der Waals surface area contributed by atoms with E-state index in [0.717, 1.165) is 45.6 Å². The standard InChI is InChI=1S/C17H27N3O2/c1-2-22-17(21)18-10-6-7-11-19-12-14-20(15-13-19)16-8-4-3-5-9-16/h3-5,8-9H,2,6-7,10-15H2,1H3,(H,18,21). The molecular weight excluding hydrogens is 278 g/mol. The highest BCUT2D eigenvalue weighted by Crippen LogP contribution is 2.15. The van der Waals surface area contributed by atoms with E-state index in [1.165, 1.54) is 5.69 Å². The van der Waals surface area contributed by atoms with Gasteiger partial charge in [0.1, 0.15) is 0 Å². The molecule has 1 heterocycles. The summed E-state index contributed by atoms with van der Waals surface area (Å²) in [7, 11) is 0. The maximum atomic E-state index is 11.1. The Morgan fingerprint density at radius 2 is 1.86 bits per heavy atom. The first kappa shape index (κ1) is 16.6. The van der Waals surface area contributed by atoms with Crippen molar-refractivity contribution in [2.75, 3.05) is 50.8 Å². The van der Waals surface area contributed by atoms with Crippen molar-refractivity contribution < 1.29 is 9.53 Å². The van der Waals surface area contributed by atoms with Gasteiger partial charge in [-0.05, 0) is 38.4 Å². The van der Waals surface area contributed by atoms with Crippen molar-refractivity contribution in [2.24, 2.45) is 0 Å². The molecule has 122 valence electrons. The minimum absolute atomic E-state index is 0.307. The number of unbranched alkanes of at least 4 members (excludes halogenated alkanes) is 1. The van der Waals surface area contributed by atoms with Crippen LogP contribution in [0.5, 0.6) is 0 Å². The van der Waals surface area contributed by atoms with Crippen LogP contribution in [0, 0.1) is 0 Å². The summed E-state index contributed by atoms with van der Waals surface area (Å²) in [4.78, 5) is 16.1. The Hall–Kier alpha value is -1.75. The number of carbonyl (C=O) groups is 1. The maximum Gasteiger partial charge on any atom is 0.407 e. The fraction of sp³-hybridized carbons (Fsp3) is 0.588. The van der Waals surface area contributed by atoms with E-state index in [4.69, 9.17) is 4.74 Å². The number of alkyl carbamates (subject to hydrolysis) is 1. The number of carbonyl (C=O) groups excluding carboxylic acids is 1. The van der Waals surface area contributed by atoms with Crippen molar-refractivity contribution in [3.8, 4) is 0 Å². The zero-order chi connectivity index (χ0) is 15.6. The average molecular weight is 305 g/mol. The zero-order valence-corrected chi connectivity index (χ0v) is 13.5. The number of para-hydroxylation sites is 1. The molecule has 1 aliphatic rings. The number of anilines is 1. The first-order valence-corrected chi connectivity index (χ1v) is 8.22. The summed E-state index contributed by atoms with van der Waals surface area (Å²) in [6.45, 7) is 8.44. The maximum absolute atomic E-state index is 11.1. The van der Waals surface area contributed by atoms with Crippen LogP contribution in [0.3, 0.4) is 0 Å². The Bertz CT molecular complexity index is 431. The molecule has 1 aromatic rings. The SMILES string of the molecule is CCOC(=O)NCCCCN1CCN(c2ccccc2)CC1. The van der Waals surface area contributed by atoms with Gasteiger partial charge >= 0.3 is 6.09 Å². The molecule has 1 amide bonds. The Morgan fingerprint density at radius 1 is 1.14 bits per heavy atom. The van der Waals surface area contributed by atoms with E-state index in [9.17, 15) is 4.79 Å². The third kappa shape index (κ3) is 5.56. The van der Waals surface area contributed by atoms with Gasteiger partial charge in [-0.15, -0.1) is 0 Å². The van der Waals surface area contributed by atoms with E-state index < -0.39 is 0 Å². The van der Waals surface area contributed by atoms with Crippen LogP contribution in [0.25, 0.3) is 0 Å². The molecule has 2 rings (SSSR count). The van der Waals surface area contributed by atoms with E-state index in [1.807, 2.05) is 6.92 Å². The minimum Gasteiger partial charge on any atom is -0.450 e. The zero-order valence-electron chi connectivity index (χ0n) is 13.5. The van der Waals surface area contributed by atoms with E-state index >= 15 is 0 Å². The van der Waals surface area contributed by atoms with E-state index in [-0.39, 0.29) is 6.09 Å². The summed E-state index contributed by atoms with van der Waals surface area (Å²) in [5.41, 5.74) is 1.32. The molecule has 0 aliphatic carbocycles. The van der Waals surface area contributed by atoms with Crippen LogP contribution in [-0.4, -0.2) is 56.9 Å². The Kier molecular flexibility index (Phi) is 7.03. The third-order valence-electron chi connectivity index (χ3n) is 3.94. The number of nitrogens with one attached hydrogen (secondary N) is 1. The van der Waals surface area contributed by atoms with Gasteiger partial charge in [0.05, 0.1) is 6.61 Å². The quantitative estimate of drug-likeness (QED) is 0.785. The smallest absolute Gasteiger partial charge is 0.407 e. The second-order valence-corrected chi connectivity index (χ2v) is 5.52. The van der Waals surface area contributed by atoms with Gasteiger partial charge in [0.25, 0.3) is 0 Å². The lowest BCUT2D eigenvalue weighted by atomic mass is 10.2. The van der Waals surface area contributed by atoms with Gasteiger partial charge in [0, 0.05) is 38.4 Å². The van der Waals surface area contributed by atoms with Gasteiger partial charge < -0.3 is 15.0 Å². The summed E-state index contributed by atoms with van der Waals surface area (Å²) in [6, 6.07) is 10.6. The number of piperazine rings is 1. The molecule has 0 unspecified atom stereocenters. The van der Waals surface area contributed by atoms with Crippen LogP contribution >= 0.6 is 0 Å². The molecule has 0 aromatic heterocycles. The summed E-state index contributed by atoms with van der Waals surface area (Å²) in [5.74, 6) is 0. The van der Waals surface area contributed by atoms with Gasteiger partial charge in [-0.3, -0.25) is 4.90 Å². The molecular formula is C17H27N3O2. The van der Waals surface area contributed by atoms with Crippen LogP contribution in [0.1, 0.15) is 19.8 Å². The van der Waals surface area contributed by atoms with Crippen LogP contribution in [0.2, 0.25) is 0 Å². The molecule has 0 bridgehead atoms. The molecule has 1 N–H and O–H groups in total. The molecule has 1 saturated heterocycles. The van der Waals surface area contributed by atoms with Crippen molar-refractivity contribution in [1.82, 2.24) is 10.2 Å². The van der Waals surface area contributed by atoms with Crippen LogP contribution in [0.15, 0.2) is 30.3 Å². The number of ether oxygens (including phenoxy) is 1. The first-order valence-electron chi connectivity index (χ1n) is 8.22. The number of amides is 1. The van der Waals surface area contributed by atoms with Gasteiger partial charge in [-0.1, -0.05) is 18.2 Å². The van der Waals surface area contributed by atoms with Crippen molar-refractivity contribution >= 4 is 11.8 Å². The predicted octanol–water partition coefficient (Wildman–Crippen LogP) is 2.33. The lowest BCUT2D eigenvalue weighted by Gasteiger charge is -2.36. The Balaban J connectivity index is 1.55. The van der Waals surface area contributed by atoms with E-state index in [1.54, 1.807) is 0 Å². The summed E-state index contributed by atoms with van der Waals surface area (Å²) in [6.07, 6.45) is 1.80.